The predicted molar refractivity (Wildman–Crippen MR) is 120 cm³/mol. The monoisotopic (exact) mass is 362 g/mol. The van der Waals surface area contributed by atoms with Gasteiger partial charge in [0.1, 0.15) is 0 Å². The molecule has 0 amide bonds. The zero-order valence-electron chi connectivity index (χ0n) is 16.3. The second kappa shape index (κ2) is 8.19. The van der Waals surface area contributed by atoms with Gasteiger partial charge in [-0.3, -0.25) is 0 Å². The van der Waals surface area contributed by atoms with Crippen molar-refractivity contribution in [3.63, 3.8) is 0 Å². The summed E-state index contributed by atoms with van der Waals surface area (Å²) >= 11 is 0. The molecule has 0 aromatic heterocycles. The van der Waals surface area contributed by atoms with Gasteiger partial charge in [0.05, 0.1) is 0 Å². The van der Waals surface area contributed by atoms with E-state index in [0.29, 0.717) is 5.41 Å². The molecule has 0 aliphatic carbocycles. The van der Waals surface area contributed by atoms with Crippen molar-refractivity contribution in [1.29, 1.82) is 0 Å². The third-order valence-corrected chi connectivity index (χ3v) is 10.3. The summed E-state index contributed by atoms with van der Waals surface area (Å²) in [4.78, 5) is 0. The van der Waals surface area contributed by atoms with Gasteiger partial charge in [0.2, 0.25) is 0 Å². The summed E-state index contributed by atoms with van der Waals surface area (Å²) < 4.78 is 0. The Morgan fingerprint density at radius 3 is 1.23 bits per heavy atom. The van der Waals surface area contributed by atoms with Crippen LogP contribution in [0.15, 0.2) is 91.0 Å². The topological polar surface area (TPSA) is 0 Å². The van der Waals surface area contributed by atoms with Gasteiger partial charge in [-0.2, -0.15) is 0 Å². The normalized spacial score (nSPS) is 12.7. The predicted octanol–water partition coefficient (Wildman–Crippen LogP) is 5.54. The van der Waals surface area contributed by atoms with Crippen LogP contribution in [0.25, 0.3) is 0 Å². The molecule has 0 N–H and O–H groups in total. The van der Waals surface area contributed by atoms with Crippen LogP contribution in [0.1, 0.15) is 33.6 Å². The molecule has 0 saturated heterocycles. The molecule has 26 heavy (non-hydrogen) atoms. The molecule has 0 nitrogen and oxygen atoms in total. The summed E-state index contributed by atoms with van der Waals surface area (Å²) in [5.41, 5.74) is 0.379. The molecule has 0 fully saturated rings. The zero-order valence-corrected chi connectivity index (χ0v) is 17.3. The van der Waals surface area contributed by atoms with Crippen LogP contribution >= 0.6 is 7.26 Å². The molecule has 0 radical (unpaired) electrons. The third-order valence-electron chi connectivity index (χ3n) is 5.28. The fourth-order valence-electron chi connectivity index (χ4n) is 3.98. The van der Waals surface area contributed by atoms with Crippen LogP contribution in [0.4, 0.5) is 0 Å². The van der Waals surface area contributed by atoms with Crippen LogP contribution in [0.5, 0.6) is 0 Å². The summed E-state index contributed by atoms with van der Waals surface area (Å²) in [6.45, 7) is 7.05. The summed E-state index contributed by atoms with van der Waals surface area (Å²) in [7, 11) is -2.02. The molecule has 0 spiro atoms. The quantitative estimate of drug-likeness (QED) is 0.505. The van der Waals surface area contributed by atoms with E-state index >= 15 is 0 Å². The first-order valence-corrected chi connectivity index (χ1v) is 11.9. The zero-order chi connectivity index (χ0) is 18.5. The summed E-state index contributed by atoms with van der Waals surface area (Å²) in [6.07, 6.45) is 3.77. The van der Waals surface area contributed by atoms with Gasteiger partial charge in [-0.05, 0) is 0 Å². The van der Waals surface area contributed by atoms with Crippen molar-refractivity contribution in [3.05, 3.63) is 91.0 Å². The van der Waals surface area contributed by atoms with Crippen molar-refractivity contribution in [2.75, 3.05) is 6.16 Å². The molecular weight excluding hydrogens is 331 g/mol. The van der Waals surface area contributed by atoms with E-state index in [9.17, 15) is 0 Å². The van der Waals surface area contributed by atoms with Crippen molar-refractivity contribution in [1.82, 2.24) is 0 Å². The number of hydrogen-bond donors (Lipinski definition) is 0. The van der Waals surface area contributed by atoms with Gasteiger partial charge in [-0.25, -0.2) is 0 Å². The molecule has 3 aromatic rings. The summed E-state index contributed by atoms with van der Waals surface area (Å²) in [6, 6.07) is 33.7. The molecule has 0 saturated carbocycles. The first-order valence-electron chi connectivity index (χ1n) is 9.69. The van der Waals surface area contributed by atoms with Gasteiger partial charge in [-0.15, -0.1) is 0 Å². The van der Waals surface area contributed by atoms with Crippen LogP contribution in [0.2, 0.25) is 0 Å². The molecule has 0 aliphatic rings. The van der Waals surface area contributed by atoms with Crippen molar-refractivity contribution < 1.29 is 0 Å². The minimum absolute atomic E-state index is 0.379. The molecule has 3 rings (SSSR count). The Bertz CT molecular complexity index is 689. The average Bonchev–Trinajstić information content (AvgIpc) is 2.67. The molecule has 0 bridgehead atoms. The first kappa shape index (κ1) is 18.9. The van der Waals surface area contributed by atoms with Crippen molar-refractivity contribution in [3.8, 4) is 0 Å². The van der Waals surface area contributed by atoms with Crippen molar-refractivity contribution >= 4 is 23.2 Å². The molecule has 1 heteroatoms. The van der Waals surface area contributed by atoms with Gasteiger partial charge in [0.15, 0.2) is 0 Å². The maximum atomic E-state index is 2.35. The average molecular weight is 362 g/mol. The van der Waals surface area contributed by atoms with E-state index in [2.05, 4.69) is 112 Å². The van der Waals surface area contributed by atoms with E-state index in [1.54, 1.807) is 0 Å². The van der Waals surface area contributed by atoms with Crippen LogP contribution < -0.4 is 15.9 Å². The number of rotatable bonds is 6. The van der Waals surface area contributed by atoms with E-state index in [1.165, 1.54) is 34.9 Å². The Morgan fingerprint density at radius 2 is 0.923 bits per heavy atom. The molecule has 0 unspecified atom stereocenters. The fourth-order valence-corrected chi connectivity index (χ4v) is 8.84. The molecule has 3 aromatic carbocycles. The third kappa shape index (κ3) is 4.25. The molecule has 136 valence electrons. The van der Waals surface area contributed by atoms with E-state index < -0.39 is 7.26 Å². The van der Waals surface area contributed by atoms with Crippen LogP contribution in [0, 0.1) is 5.41 Å². The van der Waals surface area contributed by atoms with E-state index in [4.69, 9.17) is 0 Å². The second-order valence-electron chi connectivity index (χ2n) is 8.42. The van der Waals surface area contributed by atoms with Crippen LogP contribution in [0.3, 0.4) is 0 Å². The number of hydrogen-bond acceptors (Lipinski definition) is 0. The van der Waals surface area contributed by atoms with Gasteiger partial charge >= 0.3 is 159 Å². The Kier molecular flexibility index (Phi) is 5.94. The molecule has 0 atom stereocenters. The van der Waals surface area contributed by atoms with Crippen LogP contribution in [-0.4, -0.2) is 6.16 Å². The Labute approximate surface area is 159 Å². The van der Waals surface area contributed by atoms with Gasteiger partial charge in [0, 0.05) is 0 Å². The van der Waals surface area contributed by atoms with Gasteiger partial charge in [-0.1, -0.05) is 0 Å². The SMILES string of the molecule is CC(C)(C)CCC[PH](c1ccccc1)(c1ccccc1)c1ccccc1. The Morgan fingerprint density at radius 1 is 0.577 bits per heavy atom. The Balaban J connectivity index is 2.15. The van der Waals surface area contributed by atoms with Gasteiger partial charge < -0.3 is 0 Å². The second-order valence-corrected chi connectivity index (χ2v) is 12.5. The molecule has 0 heterocycles. The van der Waals surface area contributed by atoms with E-state index in [0.717, 1.165) is 0 Å². The number of benzene rings is 3. The first-order chi connectivity index (χ1) is 12.5. The Hall–Kier alpha value is -1.91. The summed E-state index contributed by atoms with van der Waals surface area (Å²) in [5.74, 6) is 0. The minimum atomic E-state index is -2.02. The maximum absolute atomic E-state index is 2.35. The van der Waals surface area contributed by atoms with Crippen molar-refractivity contribution in [2.24, 2.45) is 5.41 Å². The molecule has 0 aliphatic heterocycles. The summed E-state index contributed by atoms with van der Waals surface area (Å²) in [5, 5.41) is 4.56. The van der Waals surface area contributed by atoms with E-state index in [1.807, 2.05) is 0 Å². The molecular formula is C25H31P. The fraction of sp³-hybridized carbons (Fsp3) is 0.280. The van der Waals surface area contributed by atoms with Gasteiger partial charge in [0.25, 0.3) is 0 Å². The van der Waals surface area contributed by atoms with Crippen LogP contribution in [-0.2, 0) is 0 Å². The van der Waals surface area contributed by atoms with E-state index in [-0.39, 0.29) is 0 Å². The standard InChI is InChI=1S/C25H31P/c1-25(2,3)20-13-21-26(22-14-7-4-8-15-22,23-16-9-5-10-17-23)24-18-11-6-12-19-24/h4-12,14-19,26H,13,20-21H2,1-3H3. The van der Waals surface area contributed by atoms with Crippen molar-refractivity contribution in [2.45, 2.75) is 33.6 Å².